The topological polar surface area (TPSA) is 12.4 Å². The molecule has 1 atom stereocenters. The van der Waals surface area contributed by atoms with E-state index < -0.39 is 0 Å². The van der Waals surface area contributed by atoms with Gasteiger partial charge >= 0.3 is 0 Å². The number of hydrogen-bond acceptors (Lipinski definition) is 1. The molecule has 0 aromatic rings. The quantitative estimate of drug-likeness (QED) is 0.580. The molecule has 1 aliphatic rings. The highest BCUT2D eigenvalue weighted by Crippen LogP contribution is 2.03. The molecular weight excluding hydrogens is 158 g/mol. The van der Waals surface area contributed by atoms with Crippen LogP contribution in [0.3, 0.4) is 0 Å². The molecule has 0 fully saturated rings. The van der Waals surface area contributed by atoms with Gasteiger partial charge in [-0.05, 0) is 25.3 Å². The summed E-state index contributed by atoms with van der Waals surface area (Å²) in [4.78, 5) is 4.42. The Morgan fingerprint density at radius 1 is 1.46 bits per heavy atom. The lowest BCUT2D eigenvalue weighted by Gasteiger charge is -2.01. The van der Waals surface area contributed by atoms with Crippen LogP contribution in [0.5, 0.6) is 0 Å². The van der Waals surface area contributed by atoms with Gasteiger partial charge in [0.05, 0.1) is 6.04 Å². The van der Waals surface area contributed by atoms with Gasteiger partial charge in [0.1, 0.15) is 0 Å². The van der Waals surface area contributed by atoms with E-state index in [1.54, 1.807) is 0 Å². The average Bonchev–Trinajstić information content (AvgIpc) is 2.16. The van der Waals surface area contributed by atoms with Crippen LogP contribution >= 0.6 is 0 Å². The minimum Gasteiger partial charge on any atom is -0.286 e. The maximum absolute atomic E-state index is 4.42. The number of hydrogen-bond donors (Lipinski definition) is 0. The maximum atomic E-state index is 4.42. The molecule has 0 radical (unpaired) electrons. The predicted octanol–water partition coefficient (Wildman–Crippen LogP) is 3.30. The zero-order valence-electron chi connectivity index (χ0n) is 8.40. The zero-order valence-corrected chi connectivity index (χ0v) is 8.40. The van der Waals surface area contributed by atoms with E-state index in [2.05, 4.69) is 49.2 Å². The van der Waals surface area contributed by atoms with Gasteiger partial charge < -0.3 is 0 Å². The van der Waals surface area contributed by atoms with E-state index in [-0.39, 0.29) is 6.04 Å². The van der Waals surface area contributed by atoms with E-state index in [0.717, 1.165) is 12.8 Å². The average molecular weight is 175 g/mol. The molecule has 1 heteroatoms. The van der Waals surface area contributed by atoms with Crippen molar-refractivity contribution in [2.24, 2.45) is 4.99 Å². The Bertz CT molecular complexity index is 256. The lowest BCUT2D eigenvalue weighted by molar-refractivity contribution is 0.929. The van der Waals surface area contributed by atoms with Gasteiger partial charge in [0.15, 0.2) is 0 Å². The maximum Gasteiger partial charge on any atom is 0.0654 e. The van der Waals surface area contributed by atoms with Crippen molar-refractivity contribution in [3.05, 3.63) is 36.0 Å². The fraction of sp³-hybridized carbons (Fsp3) is 0.417. The summed E-state index contributed by atoms with van der Waals surface area (Å²) in [6, 6.07) is 0.290. The van der Waals surface area contributed by atoms with E-state index in [0.29, 0.717) is 0 Å². The molecule has 0 aromatic carbocycles. The standard InChI is InChI=1S/C12H17N/c1-3-12-9-7-5-4-6-8-11(2)13-10-12/h4-6,8-11H,3,7H2,1-2H3/b5-4-,8-6-,12-9-,13-10-. The van der Waals surface area contributed by atoms with E-state index in [1.165, 1.54) is 5.57 Å². The SMILES string of the molecule is CCC1=C/C/C=C\C=C/C(C)/N=C\1. The molecule has 1 aliphatic heterocycles. The first-order chi connectivity index (χ1) is 6.33. The molecule has 1 nitrogen and oxygen atoms in total. The smallest absolute Gasteiger partial charge is 0.0654 e. The second-order valence-corrected chi connectivity index (χ2v) is 3.20. The Balaban J connectivity index is 2.74. The van der Waals surface area contributed by atoms with Gasteiger partial charge in [0, 0.05) is 6.21 Å². The van der Waals surface area contributed by atoms with Crippen molar-refractivity contribution < 1.29 is 0 Å². The van der Waals surface area contributed by atoms with Crippen LogP contribution < -0.4 is 0 Å². The molecule has 0 aromatic heterocycles. The molecule has 0 saturated heterocycles. The van der Waals surface area contributed by atoms with E-state index in [1.807, 2.05) is 6.21 Å². The third-order valence-corrected chi connectivity index (χ3v) is 2.04. The van der Waals surface area contributed by atoms with Gasteiger partial charge in [0.25, 0.3) is 0 Å². The van der Waals surface area contributed by atoms with Crippen LogP contribution in [0.4, 0.5) is 0 Å². The van der Waals surface area contributed by atoms with Gasteiger partial charge in [-0.25, -0.2) is 0 Å². The second-order valence-electron chi connectivity index (χ2n) is 3.20. The van der Waals surface area contributed by atoms with Crippen LogP contribution in [0, 0.1) is 0 Å². The summed E-state index contributed by atoms with van der Waals surface area (Å²) < 4.78 is 0. The molecule has 13 heavy (non-hydrogen) atoms. The van der Waals surface area contributed by atoms with Gasteiger partial charge in [-0.1, -0.05) is 37.3 Å². The first kappa shape index (κ1) is 9.97. The van der Waals surface area contributed by atoms with Crippen molar-refractivity contribution in [3.8, 4) is 0 Å². The zero-order chi connectivity index (χ0) is 9.52. The van der Waals surface area contributed by atoms with Crippen molar-refractivity contribution in [1.29, 1.82) is 0 Å². The van der Waals surface area contributed by atoms with Gasteiger partial charge in [-0.15, -0.1) is 0 Å². The molecule has 1 rings (SSSR count). The number of allylic oxidation sites excluding steroid dienone is 5. The second kappa shape index (κ2) is 5.52. The van der Waals surface area contributed by atoms with Crippen molar-refractivity contribution in [2.75, 3.05) is 0 Å². The predicted molar refractivity (Wildman–Crippen MR) is 59.2 cm³/mol. The lowest BCUT2D eigenvalue weighted by Crippen LogP contribution is -1.94. The summed E-state index contributed by atoms with van der Waals surface area (Å²) >= 11 is 0. The highest BCUT2D eigenvalue weighted by Gasteiger charge is 1.92. The van der Waals surface area contributed by atoms with Crippen LogP contribution in [0.1, 0.15) is 26.7 Å². The summed E-state index contributed by atoms with van der Waals surface area (Å²) in [6.45, 7) is 4.25. The largest absolute Gasteiger partial charge is 0.286 e. The molecular formula is C12H17N. The summed E-state index contributed by atoms with van der Waals surface area (Å²) in [5, 5.41) is 0. The van der Waals surface area contributed by atoms with Crippen LogP contribution in [-0.4, -0.2) is 12.3 Å². The molecule has 0 bridgehead atoms. The summed E-state index contributed by atoms with van der Waals surface area (Å²) in [6.07, 6.45) is 14.7. The Kier molecular flexibility index (Phi) is 4.24. The van der Waals surface area contributed by atoms with Crippen molar-refractivity contribution in [2.45, 2.75) is 32.7 Å². The van der Waals surface area contributed by atoms with Crippen LogP contribution in [0.25, 0.3) is 0 Å². The molecule has 70 valence electrons. The van der Waals surface area contributed by atoms with Crippen molar-refractivity contribution in [1.82, 2.24) is 0 Å². The summed E-state index contributed by atoms with van der Waals surface area (Å²) in [7, 11) is 0. The fourth-order valence-electron chi connectivity index (χ4n) is 1.15. The first-order valence-electron chi connectivity index (χ1n) is 4.88. The Morgan fingerprint density at radius 2 is 2.31 bits per heavy atom. The van der Waals surface area contributed by atoms with Crippen LogP contribution in [-0.2, 0) is 0 Å². The minimum atomic E-state index is 0.290. The summed E-state index contributed by atoms with van der Waals surface area (Å²) in [5.74, 6) is 0. The highest BCUT2D eigenvalue weighted by atomic mass is 14.7. The third kappa shape index (κ3) is 3.88. The molecule has 1 unspecified atom stereocenters. The van der Waals surface area contributed by atoms with E-state index >= 15 is 0 Å². The Hall–Kier alpha value is -1.11. The van der Waals surface area contributed by atoms with Gasteiger partial charge in [-0.2, -0.15) is 0 Å². The molecule has 0 N–H and O–H groups in total. The fourth-order valence-corrected chi connectivity index (χ4v) is 1.15. The van der Waals surface area contributed by atoms with Crippen LogP contribution in [0.15, 0.2) is 40.9 Å². The Labute approximate surface area is 80.6 Å². The minimum absolute atomic E-state index is 0.290. The molecule has 0 spiro atoms. The number of nitrogens with zero attached hydrogens (tertiary/aromatic N) is 1. The molecule has 0 saturated carbocycles. The normalized spacial score (nSPS) is 34.3. The monoisotopic (exact) mass is 175 g/mol. The molecule has 0 amide bonds. The molecule has 0 aliphatic carbocycles. The van der Waals surface area contributed by atoms with Gasteiger partial charge in [-0.3, -0.25) is 4.99 Å². The highest BCUT2D eigenvalue weighted by molar-refractivity contribution is 5.78. The summed E-state index contributed by atoms with van der Waals surface area (Å²) in [5.41, 5.74) is 1.33. The van der Waals surface area contributed by atoms with Crippen LogP contribution in [0.2, 0.25) is 0 Å². The number of rotatable bonds is 1. The van der Waals surface area contributed by atoms with E-state index in [9.17, 15) is 0 Å². The van der Waals surface area contributed by atoms with Gasteiger partial charge in [0.2, 0.25) is 0 Å². The van der Waals surface area contributed by atoms with Crippen molar-refractivity contribution in [3.63, 3.8) is 0 Å². The number of aliphatic imine (C=N–C) groups is 1. The third-order valence-electron chi connectivity index (χ3n) is 2.04. The Morgan fingerprint density at radius 3 is 3.08 bits per heavy atom. The first-order valence-corrected chi connectivity index (χ1v) is 4.88. The van der Waals surface area contributed by atoms with Crippen molar-refractivity contribution >= 4 is 6.21 Å². The van der Waals surface area contributed by atoms with E-state index in [4.69, 9.17) is 0 Å². The molecule has 1 heterocycles. The lowest BCUT2D eigenvalue weighted by atomic mass is 10.1.